The van der Waals surface area contributed by atoms with E-state index in [4.69, 9.17) is 10.5 Å². The van der Waals surface area contributed by atoms with Gasteiger partial charge < -0.3 is 15.8 Å². The fourth-order valence-electron chi connectivity index (χ4n) is 2.11. The molecule has 0 saturated heterocycles. The third kappa shape index (κ3) is 5.46. The van der Waals surface area contributed by atoms with Gasteiger partial charge in [0.1, 0.15) is 11.4 Å². The van der Waals surface area contributed by atoms with E-state index in [9.17, 15) is 4.79 Å². The minimum Gasteiger partial charge on any atom is -0.444 e. The molecule has 0 unspecified atom stereocenters. The van der Waals surface area contributed by atoms with E-state index in [0.717, 1.165) is 5.56 Å². The highest BCUT2D eigenvalue weighted by atomic mass is 16.6. The highest BCUT2D eigenvalue weighted by Crippen LogP contribution is 2.22. The molecule has 0 bridgehead atoms. The van der Waals surface area contributed by atoms with E-state index in [1.807, 2.05) is 25.1 Å². The summed E-state index contributed by atoms with van der Waals surface area (Å²) in [6.45, 7) is 8.09. The molecule has 0 fully saturated rings. The Hall–Kier alpha value is -2.76. The molecule has 2 aromatic rings. The second-order valence-electron chi connectivity index (χ2n) is 6.63. The van der Waals surface area contributed by atoms with Gasteiger partial charge in [-0.1, -0.05) is 29.8 Å². The molecule has 0 aliphatic carbocycles. The number of aryl methyl sites for hydroxylation is 1. The van der Waals surface area contributed by atoms with Crippen LogP contribution in [0.15, 0.2) is 36.5 Å². The molecule has 0 atom stereocenters. The number of ether oxygens (including phenoxy) is 1. The fourth-order valence-corrected chi connectivity index (χ4v) is 2.11. The zero-order valence-electron chi connectivity index (χ0n) is 14.5. The van der Waals surface area contributed by atoms with Gasteiger partial charge in [0.2, 0.25) is 0 Å². The first-order chi connectivity index (χ1) is 11.2. The van der Waals surface area contributed by atoms with Gasteiger partial charge in [-0.3, -0.25) is 5.32 Å². The number of aromatic nitrogens is 1. The van der Waals surface area contributed by atoms with Crippen LogP contribution in [-0.2, 0) is 11.3 Å². The van der Waals surface area contributed by atoms with Crippen LogP contribution >= 0.6 is 0 Å². The minimum atomic E-state index is -0.565. The summed E-state index contributed by atoms with van der Waals surface area (Å²) in [5.41, 5.74) is 8.94. The molecule has 6 nitrogen and oxygen atoms in total. The molecule has 0 aliphatic rings. The summed E-state index contributed by atoms with van der Waals surface area (Å²) in [7, 11) is 0. The lowest BCUT2D eigenvalue weighted by atomic mass is 10.1. The van der Waals surface area contributed by atoms with Crippen LogP contribution in [0.5, 0.6) is 0 Å². The van der Waals surface area contributed by atoms with Crippen molar-refractivity contribution in [3.05, 3.63) is 47.7 Å². The summed E-state index contributed by atoms with van der Waals surface area (Å²) in [4.78, 5) is 15.9. The smallest absolute Gasteiger partial charge is 0.413 e. The molecule has 1 aromatic carbocycles. The molecular weight excluding hydrogens is 304 g/mol. The van der Waals surface area contributed by atoms with Gasteiger partial charge in [-0.15, -0.1) is 0 Å². The molecule has 4 N–H and O–H groups in total. The van der Waals surface area contributed by atoms with Crippen LogP contribution in [0.2, 0.25) is 0 Å². The van der Waals surface area contributed by atoms with Crippen molar-refractivity contribution in [2.45, 2.75) is 39.8 Å². The van der Waals surface area contributed by atoms with E-state index < -0.39 is 11.7 Å². The first-order valence-corrected chi connectivity index (χ1v) is 7.78. The Balaban J connectivity index is 2.04. The lowest BCUT2D eigenvalue weighted by Crippen LogP contribution is -2.27. The summed E-state index contributed by atoms with van der Waals surface area (Å²) in [5.74, 6) is 0.380. The van der Waals surface area contributed by atoms with Crippen LogP contribution < -0.4 is 16.4 Å². The molecule has 24 heavy (non-hydrogen) atoms. The number of carbonyl (C=O) groups excluding carboxylic acids is 1. The normalized spacial score (nSPS) is 11.0. The second-order valence-corrected chi connectivity index (χ2v) is 6.63. The van der Waals surface area contributed by atoms with Crippen LogP contribution in [0.1, 0.15) is 31.9 Å². The number of nitrogens with one attached hydrogen (secondary N) is 2. The number of nitrogens with two attached hydrogens (primary N) is 1. The van der Waals surface area contributed by atoms with Crippen molar-refractivity contribution < 1.29 is 9.53 Å². The van der Waals surface area contributed by atoms with Gasteiger partial charge in [-0.05, 0) is 33.3 Å². The van der Waals surface area contributed by atoms with E-state index in [2.05, 4.69) is 21.7 Å². The molecule has 0 saturated carbocycles. The van der Waals surface area contributed by atoms with Crippen LogP contribution in [0, 0.1) is 6.92 Å². The highest BCUT2D eigenvalue weighted by molar-refractivity contribution is 5.85. The van der Waals surface area contributed by atoms with E-state index in [-0.39, 0.29) is 0 Å². The fraction of sp³-hybridized carbons (Fsp3) is 0.333. The Morgan fingerprint density at radius 3 is 2.71 bits per heavy atom. The summed E-state index contributed by atoms with van der Waals surface area (Å²) in [5, 5.41) is 5.87. The lowest BCUT2D eigenvalue weighted by molar-refractivity contribution is 0.0635. The zero-order valence-corrected chi connectivity index (χ0v) is 14.5. The maximum absolute atomic E-state index is 11.8. The number of amides is 1. The number of anilines is 3. The number of hydrogen-bond donors (Lipinski definition) is 3. The summed E-state index contributed by atoms with van der Waals surface area (Å²) < 4.78 is 5.21. The van der Waals surface area contributed by atoms with Gasteiger partial charge in [-0.2, -0.15) is 0 Å². The van der Waals surface area contributed by atoms with Gasteiger partial charge in [0.05, 0.1) is 17.6 Å². The molecule has 128 valence electrons. The van der Waals surface area contributed by atoms with Crippen molar-refractivity contribution in [2.24, 2.45) is 0 Å². The average molecular weight is 328 g/mol. The number of benzene rings is 1. The Labute approximate surface area is 142 Å². The summed E-state index contributed by atoms with van der Waals surface area (Å²) >= 11 is 0. The Morgan fingerprint density at radius 2 is 2.04 bits per heavy atom. The first-order valence-electron chi connectivity index (χ1n) is 7.78. The molecule has 1 aromatic heterocycles. The Morgan fingerprint density at radius 1 is 1.29 bits per heavy atom. The summed E-state index contributed by atoms with van der Waals surface area (Å²) in [6.07, 6.45) is 0.954. The zero-order chi connectivity index (χ0) is 17.7. The predicted octanol–water partition coefficient (Wildman–Crippen LogP) is 3.93. The number of carbonyl (C=O) groups is 1. The quantitative estimate of drug-likeness (QED) is 0.791. The number of rotatable bonds is 4. The van der Waals surface area contributed by atoms with E-state index in [0.29, 0.717) is 23.7 Å². The SMILES string of the molecule is Cc1cccc(CNc2cc(NC(=O)OC(C)(C)C)ncc2N)c1. The Kier molecular flexibility index (Phi) is 5.28. The van der Waals surface area contributed by atoms with Crippen molar-refractivity contribution in [2.75, 3.05) is 16.4 Å². The predicted molar refractivity (Wildman–Crippen MR) is 97.0 cm³/mol. The van der Waals surface area contributed by atoms with Crippen molar-refractivity contribution >= 4 is 23.3 Å². The average Bonchev–Trinajstić information content (AvgIpc) is 2.46. The Bertz CT molecular complexity index is 723. The first kappa shape index (κ1) is 17.6. The van der Waals surface area contributed by atoms with Crippen LogP contribution in [0.25, 0.3) is 0 Å². The monoisotopic (exact) mass is 328 g/mol. The standard InChI is InChI=1S/C18H24N4O2/c1-12-6-5-7-13(8-12)10-20-15-9-16(21-11-14(15)19)22-17(23)24-18(2,3)4/h5-9,11H,10,19H2,1-4H3,(H2,20,21,22,23). The van der Waals surface area contributed by atoms with Crippen LogP contribution in [-0.4, -0.2) is 16.7 Å². The van der Waals surface area contributed by atoms with Gasteiger partial charge in [0.15, 0.2) is 0 Å². The topological polar surface area (TPSA) is 89.3 Å². The molecule has 0 aliphatic heterocycles. The van der Waals surface area contributed by atoms with Crippen molar-refractivity contribution in [3.63, 3.8) is 0 Å². The van der Waals surface area contributed by atoms with E-state index >= 15 is 0 Å². The van der Waals surface area contributed by atoms with Crippen LogP contribution in [0.4, 0.5) is 22.0 Å². The minimum absolute atomic E-state index is 0.380. The maximum Gasteiger partial charge on any atom is 0.413 e. The molecule has 0 spiro atoms. The van der Waals surface area contributed by atoms with E-state index in [1.165, 1.54) is 11.8 Å². The van der Waals surface area contributed by atoms with Gasteiger partial charge in [0, 0.05) is 12.6 Å². The molecule has 1 amide bonds. The van der Waals surface area contributed by atoms with Gasteiger partial charge in [-0.25, -0.2) is 9.78 Å². The maximum atomic E-state index is 11.8. The highest BCUT2D eigenvalue weighted by Gasteiger charge is 2.16. The molecule has 6 heteroatoms. The largest absolute Gasteiger partial charge is 0.444 e. The second kappa shape index (κ2) is 7.21. The van der Waals surface area contributed by atoms with Crippen LogP contribution in [0.3, 0.4) is 0 Å². The van der Waals surface area contributed by atoms with Gasteiger partial charge in [0.25, 0.3) is 0 Å². The molecule has 2 rings (SSSR count). The molecule has 0 radical (unpaired) electrons. The van der Waals surface area contributed by atoms with Crippen molar-refractivity contribution in [3.8, 4) is 0 Å². The summed E-state index contributed by atoms with van der Waals surface area (Å²) in [6, 6.07) is 9.89. The number of pyridine rings is 1. The third-order valence-corrected chi connectivity index (χ3v) is 3.13. The van der Waals surface area contributed by atoms with Crippen molar-refractivity contribution in [1.29, 1.82) is 0 Å². The molecular formula is C18H24N4O2. The van der Waals surface area contributed by atoms with E-state index in [1.54, 1.807) is 26.8 Å². The van der Waals surface area contributed by atoms with Gasteiger partial charge >= 0.3 is 6.09 Å². The number of hydrogen-bond acceptors (Lipinski definition) is 5. The third-order valence-electron chi connectivity index (χ3n) is 3.13. The molecule has 1 heterocycles. The van der Waals surface area contributed by atoms with Crippen molar-refractivity contribution in [1.82, 2.24) is 4.98 Å². The lowest BCUT2D eigenvalue weighted by Gasteiger charge is -2.19. The number of nitrogens with zero attached hydrogens (tertiary/aromatic N) is 1. The number of nitrogen functional groups attached to an aromatic ring is 1.